The lowest BCUT2D eigenvalue weighted by atomic mass is 9.95. The van der Waals surface area contributed by atoms with Crippen molar-refractivity contribution in [3.8, 4) is 5.75 Å². The topological polar surface area (TPSA) is 120 Å². The Hall–Kier alpha value is -1.87. The maximum atomic E-state index is 11.4. The number of hydrogen-bond acceptors (Lipinski definition) is 7. The maximum Gasteiger partial charge on any atom is 0.217 e. The zero-order valence-corrected chi connectivity index (χ0v) is 13.7. The van der Waals surface area contributed by atoms with E-state index in [0.29, 0.717) is 12.3 Å². The summed E-state index contributed by atoms with van der Waals surface area (Å²) in [5, 5.41) is 35.1. The molecule has 0 aliphatic carbocycles. The molecular weight excluding hydrogens is 316 g/mol. The van der Waals surface area contributed by atoms with Crippen LogP contribution in [0.25, 0.3) is 0 Å². The molecule has 134 valence electrons. The summed E-state index contributed by atoms with van der Waals surface area (Å²) < 4.78 is 11.0. The first kappa shape index (κ1) is 18.5. The quantitative estimate of drug-likeness (QED) is 0.471. The molecule has 5 atom stereocenters. The van der Waals surface area contributed by atoms with Gasteiger partial charge in [0.1, 0.15) is 30.1 Å². The number of benzene rings is 1. The highest BCUT2D eigenvalue weighted by molar-refractivity contribution is 5.73. The lowest BCUT2D eigenvalue weighted by Crippen LogP contribution is -2.65. The number of ether oxygens (including phenoxy) is 2. The molecule has 2 rings (SSSR count). The second-order valence-corrected chi connectivity index (χ2v) is 5.59. The number of aliphatic hydroxyl groups excluding tert-OH is 3. The molecular formula is C16H24N2O6. The minimum atomic E-state index is -1.30. The molecule has 0 aromatic heterocycles. The third kappa shape index (κ3) is 4.35. The van der Waals surface area contributed by atoms with Crippen molar-refractivity contribution in [1.82, 2.24) is 5.32 Å². The van der Waals surface area contributed by atoms with Gasteiger partial charge in [-0.2, -0.15) is 0 Å². The van der Waals surface area contributed by atoms with Gasteiger partial charge in [0.15, 0.2) is 6.23 Å². The average Bonchev–Trinajstić information content (AvgIpc) is 2.56. The van der Waals surface area contributed by atoms with Crippen LogP contribution in [-0.4, -0.2) is 65.0 Å². The standard InChI is InChI=1S/C16H24N2O6/c1-3-23-11-6-4-10(5-7-11)18-16-13(17-9(2)20)15(22)14(21)12(8-19)24-16/h4-7,12-16,18-19,21-22H,3,8H2,1-2H3,(H,17,20). The number of anilines is 1. The van der Waals surface area contributed by atoms with Crippen LogP contribution in [0.15, 0.2) is 24.3 Å². The van der Waals surface area contributed by atoms with Gasteiger partial charge in [-0.1, -0.05) is 0 Å². The van der Waals surface area contributed by atoms with Crippen molar-refractivity contribution in [3.63, 3.8) is 0 Å². The van der Waals surface area contributed by atoms with Crippen LogP contribution in [0.3, 0.4) is 0 Å². The highest BCUT2D eigenvalue weighted by Gasteiger charge is 2.44. The Morgan fingerprint density at radius 3 is 2.46 bits per heavy atom. The van der Waals surface area contributed by atoms with E-state index >= 15 is 0 Å². The van der Waals surface area contributed by atoms with Crippen molar-refractivity contribution in [2.45, 2.75) is 44.4 Å². The monoisotopic (exact) mass is 340 g/mol. The van der Waals surface area contributed by atoms with E-state index in [9.17, 15) is 20.1 Å². The summed E-state index contributed by atoms with van der Waals surface area (Å²) in [5.41, 5.74) is 0.680. The molecule has 0 bridgehead atoms. The maximum absolute atomic E-state index is 11.4. The van der Waals surface area contributed by atoms with E-state index in [4.69, 9.17) is 9.47 Å². The van der Waals surface area contributed by atoms with Gasteiger partial charge in [0.25, 0.3) is 0 Å². The fourth-order valence-electron chi connectivity index (χ4n) is 2.61. The average molecular weight is 340 g/mol. The van der Waals surface area contributed by atoms with Crippen molar-refractivity contribution in [2.75, 3.05) is 18.5 Å². The Bertz CT molecular complexity index is 538. The Labute approximate surface area is 140 Å². The first-order valence-corrected chi connectivity index (χ1v) is 7.85. The fourth-order valence-corrected chi connectivity index (χ4v) is 2.61. The lowest BCUT2D eigenvalue weighted by Gasteiger charge is -2.43. The largest absolute Gasteiger partial charge is 0.494 e. The van der Waals surface area contributed by atoms with Crippen molar-refractivity contribution in [2.24, 2.45) is 0 Å². The smallest absolute Gasteiger partial charge is 0.217 e. The number of carbonyl (C=O) groups excluding carboxylic acids is 1. The van der Waals surface area contributed by atoms with Crippen LogP contribution in [0.4, 0.5) is 5.69 Å². The highest BCUT2D eigenvalue weighted by atomic mass is 16.5. The third-order valence-electron chi connectivity index (χ3n) is 3.77. The highest BCUT2D eigenvalue weighted by Crippen LogP contribution is 2.24. The van der Waals surface area contributed by atoms with Gasteiger partial charge >= 0.3 is 0 Å². The summed E-state index contributed by atoms with van der Waals surface area (Å²) in [6.07, 6.45) is -4.35. The van der Waals surface area contributed by atoms with Crippen molar-refractivity contribution in [1.29, 1.82) is 0 Å². The molecule has 0 radical (unpaired) electrons. The Balaban J connectivity index is 2.14. The Morgan fingerprint density at radius 2 is 1.92 bits per heavy atom. The van der Waals surface area contributed by atoms with Crippen molar-refractivity contribution >= 4 is 11.6 Å². The van der Waals surface area contributed by atoms with Crippen LogP contribution in [-0.2, 0) is 9.53 Å². The molecule has 1 amide bonds. The first-order valence-electron chi connectivity index (χ1n) is 7.85. The summed E-state index contributed by atoms with van der Waals surface area (Å²) in [5.74, 6) is 0.352. The van der Waals surface area contributed by atoms with Crippen LogP contribution in [0, 0.1) is 0 Å². The summed E-state index contributed by atoms with van der Waals surface area (Å²) in [6.45, 7) is 3.31. The number of nitrogens with one attached hydrogen (secondary N) is 2. The number of hydrogen-bond donors (Lipinski definition) is 5. The first-order chi connectivity index (χ1) is 11.5. The molecule has 1 aliphatic heterocycles. The van der Waals surface area contributed by atoms with Crippen molar-refractivity contribution in [3.05, 3.63) is 24.3 Å². The third-order valence-corrected chi connectivity index (χ3v) is 3.77. The normalized spacial score (nSPS) is 29.8. The lowest BCUT2D eigenvalue weighted by molar-refractivity contribution is -0.188. The van der Waals surface area contributed by atoms with Crippen LogP contribution >= 0.6 is 0 Å². The SMILES string of the molecule is CCOc1ccc(NC2OC(CO)C(O)C(O)C2NC(C)=O)cc1. The minimum absolute atomic E-state index is 0.365. The van der Waals surface area contributed by atoms with E-state index in [2.05, 4.69) is 10.6 Å². The molecule has 0 spiro atoms. The van der Waals surface area contributed by atoms with E-state index in [1.165, 1.54) is 6.92 Å². The molecule has 1 aromatic carbocycles. The summed E-state index contributed by atoms with van der Waals surface area (Å²) in [7, 11) is 0. The molecule has 0 saturated carbocycles. The van der Waals surface area contributed by atoms with Crippen LogP contribution < -0.4 is 15.4 Å². The second kappa shape index (κ2) is 8.29. The van der Waals surface area contributed by atoms with Crippen molar-refractivity contribution < 1.29 is 29.6 Å². The molecule has 5 unspecified atom stereocenters. The summed E-state index contributed by atoms with van der Waals surface area (Å²) in [4.78, 5) is 11.4. The van der Waals surface area contributed by atoms with Crippen LogP contribution in [0.1, 0.15) is 13.8 Å². The number of amides is 1. The van der Waals surface area contributed by atoms with E-state index in [1.807, 2.05) is 6.92 Å². The zero-order chi connectivity index (χ0) is 17.7. The van der Waals surface area contributed by atoms with Gasteiger partial charge in [-0.15, -0.1) is 0 Å². The number of aliphatic hydroxyl groups is 3. The van der Waals surface area contributed by atoms with Gasteiger partial charge in [-0.25, -0.2) is 0 Å². The van der Waals surface area contributed by atoms with E-state index in [-0.39, 0.29) is 5.91 Å². The molecule has 1 aromatic rings. The molecule has 1 aliphatic rings. The molecule has 1 saturated heterocycles. The molecule has 5 N–H and O–H groups in total. The van der Waals surface area contributed by atoms with Crippen LogP contribution in [0.2, 0.25) is 0 Å². The zero-order valence-electron chi connectivity index (χ0n) is 13.7. The van der Waals surface area contributed by atoms with Gasteiger partial charge < -0.3 is 35.4 Å². The van der Waals surface area contributed by atoms with Gasteiger partial charge in [0.05, 0.1) is 13.2 Å². The van der Waals surface area contributed by atoms with E-state index in [0.717, 1.165) is 5.75 Å². The molecule has 1 heterocycles. The fraction of sp³-hybridized carbons (Fsp3) is 0.562. The summed E-state index contributed by atoms with van der Waals surface area (Å²) >= 11 is 0. The van der Waals surface area contributed by atoms with E-state index in [1.54, 1.807) is 24.3 Å². The minimum Gasteiger partial charge on any atom is -0.494 e. The number of carbonyl (C=O) groups is 1. The molecule has 8 heteroatoms. The predicted molar refractivity (Wildman–Crippen MR) is 86.6 cm³/mol. The van der Waals surface area contributed by atoms with Gasteiger partial charge in [-0.05, 0) is 31.2 Å². The van der Waals surface area contributed by atoms with Gasteiger partial charge in [-0.3, -0.25) is 4.79 Å². The molecule has 8 nitrogen and oxygen atoms in total. The number of rotatable bonds is 6. The Morgan fingerprint density at radius 1 is 1.25 bits per heavy atom. The second-order valence-electron chi connectivity index (χ2n) is 5.59. The van der Waals surface area contributed by atoms with Gasteiger partial charge in [0.2, 0.25) is 5.91 Å². The van der Waals surface area contributed by atoms with Crippen LogP contribution in [0.5, 0.6) is 5.75 Å². The summed E-state index contributed by atoms with van der Waals surface area (Å²) in [6, 6.07) is 6.22. The van der Waals surface area contributed by atoms with E-state index < -0.39 is 37.2 Å². The Kier molecular flexibility index (Phi) is 6.38. The van der Waals surface area contributed by atoms with Gasteiger partial charge in [0, 0.05) is 12.6 Å². The molecule has 24 heavy (non-hydrogen) atoms. The molecule has 1 fully saturated rings. The predicted octanol–water partition coefficient (Wildman–Crippen LogP) is -0.559.